The normalized spacial score (nSPS) is 20.3. The van der Waals surface area contributed by atoms with E-state index < -0.39 is 5.82 Å². The van der Waals surface area contributed by atoms with Crippen LogP contribution in [0.1, 0.15) is 43.8 Å². The Morgan fingerprint density at radius 1 is 1.40 bits per heavy atom. The second-order valence-corrected chi connectivity index (χ2v) is 6.73. The largest absolute Gasteiger partial charge is 0.490 e. The minimum atomic E-state index is -0.403. The number of halogens is 1. The van der Waals surface area contributed by atoms with Crippen molar-refractivity contribution in [1.29, 1.82) is 0 Å². The summed E-state index contributed by atoms with van der Waals surface area (Å²) in [5, 5.41) is 10.0. The Hall–Kier alpha value is -2.57. The van der Waals surface area contributed by atoms with Gasteiger partial charge in [0.1, 0.15) is 0 Å². The van der Waals surface area contributed by atoms with Gasteiger partial charge in [0.2, 0.25) is 0 Å². The molecule has 2 atom stereocenters. The number of nitrogens with zero attached hydrogens (tertiary/aromatic N) is 2. The van der Waals surface area contributed by atoms with Crippen LogP contribution in [-0.2, 0) is 0 Å². The molecule has 1 fully saturated rings. The number of amides is 2. The van der Waals surface area contributed by atoms with Crippen LogP contribution in [0.25, 0.3) is 0 Å². The van der Waals surface area contributed by atoms with Gasteiger partial charge in [-0.05, 0) is 31.7 Å². The number of benzene rings is 1. The number of nitrogens with one attached hydrogen (secondary N) is 2. The fourth-order valence-corrected chi connectivity index (χ4v) is 3.28. The number of urea groups is 1. The van der Waals surface area contributed by atoms with Crippen molar-refractivity contribution in [3.8, 4) is 5.75 Å². The Morgan fingerprint density at radius 2 is 2.24 bits per heavy atom. The van der Waals surface area contributed by atoms with Gasteiger partial charge in [-0.25, -0.2) is 9.18 Å². The molecule has 7 heteroatoms. The zero-order valence-corrected chi connectivity index (χ0v) is 14.0. The van der Waals surface area contributed by atoms with E-state index in [9.17, 15) is 9.18 Å². The fourth-order valence-electron chi connectivity index (χ4n) is 3.28. The molecule has 1 aliphatic heterocycles. The number of anilines is 1. The SMILES string of the molecule is C[C@H](C1CC1)n1cc(NC(=O)N[C@H]2CCOc3c(F)cccc32)cn1. The Balaban J connectivity index is 1.41. The quantitative estimate of drug-likeness (QED) is 0.890. The van der Waals surface area contributed by atoms with Crippen LogP contribution in [-0.4, -0.2) is 22.4 Å². The lowest BCUT2D eigenvalue weighted by Crippen LogP contribution is -2.35. The lowest BCUT2D eigenvalue weighted by molar-refractivity contribution is 0.227. The fraction of sp³-hybridized carbons (Fsp3) is 0.444. The van der Waals surface area contributed by atoms with Crippen molar-refractivity contribution in [1.82, 2.24) is 15.1 Å². The third-order valence-electron chi connectivity index (χ3n) is 4.91. The molecule has 6 nitrogen and oxygen atoms in total. The highest BCUT2D eigenvalue weighted by Gasteiger charge is 2.30. The van der Waals surface area contributed by atoms with Crippen molar-refractivity contribution < 1.29 is 13.9 Å². The summed E-state index contributed by atoms with van der Waals surface area (Å²) >= 11 is 0. The maximum absolute atomic E-state index is 13.8. The molecule has 2 aromatic rings. The lowest BCUT2D eigenvalue weighted by Gasteiger charge is -2.26. The molecule has 2 heterocycles. The lowest BCUT2D eigenvalue weighted by atomic mass is 10.0. The van der Waals surface area contributed by atoms with Crippen LogP contribution in [0, 0.1) is 11.7 Å². The maximum atomic E-state index is 13.8. The average molecular weight is 344 g/mol. The predicted octanol–water partition coefficient (Wildman–Crippen LogP) is 3.64. The standard InChI is InChI=1S/C18H21FN4O2/c1-11(12-5-6-12)23-10-13(9-20-23)21-18(24)22-16-7-8-25-17-14(16)3-2-4-15(17)19/h2-4,9-12,16H,5-8H2,1H3,(H2,21,22,24)/t11-,16+/m1/s1. The van der Waals surface area contributed by atoms with Crippen LogP contribution in [0.5, 0.6) is 5.75 Å². The van der Waals surface area contributed by atoms with Crippen molar-refractivity contribution in [3.63, 3.8) is 0 Å². The number of fused-ring (bicyclic) bond motifs is 1. The minimum absolute atomic E-state index is 0.227. The minimum Gasteiger partial charge on any atom is -0.490 e. The van der Waals surface area contributed by atoms with Crippen molar-refractivity contribution in [2.45, 2.75) is 38.3 Å². The molecule has 2 amide bonds. The Kier molecular flexibility index (Phi) is 4.07. The van der Waals surface area contributed by atoms with E-state index in [0.717, 1.165) is 0 Å². The third kappa shape index (κ3) is 3.31. The van der Waals surface area contributed by atoms with E-state index in [1.807, 2.05) is 10.9 Å². The van der Waals surface area contributed by atoms with Gasteiger partial charge >= 0.3 is 6.03 Å². The first kappa shape index (κ1) is 15.9. The summed E-state index contributed by atoms with van der Waals surface area (Å²) in [6.07, 6.45) is 6.58. The van der Waals surface area contributed by atoms with Crippen LogP contribution >= 0.6 is 0 Å². The van der Waals surface area contributed by atoms with Gasteiger partial charge in [0.05, 0.1) is 30.6 Å². The molecule has 0 saturated heterocycles. The smallest absolute Gasteiger partial charge is 0.319 e. The van der Waals surface area contributed by atoms with E-state index in [4.69, 9.17) is 4.74 Å². The molecule has 4 rings (SSSR count). The summed E-state index contributed by atoms with van der Waals surface area (Å²) in [4.78, 5) is 12.3. The second kappa shape index (κ2) is 6.38. The number of carbonyl (C=O) groups excluding carboxylic acids is 1. The molecule has 25 heavy (non-hydrogen) atoms. The molecule has 2 aliphatic rings. The van der Waals surface area contributed by atoms with Gasteiger partial charge in [-0.2, -0.15) is 5.10 Å². The number of aromatic nitrogens is 2. The Morgan fingerprint density at radius 3 is 3.04 bits per heavy atom. The molecular formula is C18H21FN4O2. The second-order valence-electron chi connectivity index (χ2n) is 6.73. The number of ether oxygens (including phenoxy) is 1. The van der Waals surface area contributed by atoms with Gasteiger partial charge in [-0.3, -0.25) is 4.68 Å². The summed E-state index contributed by atoms with van der Waals surface area (Å²) in [5.74, 6) is 0.514. The number of hydrogen-bond acceptors (Lipinski definition) is 3. The summed E-state index contributed by atoms with van der Waals surface area (Å²) in [5.41, 5.74) is 1.32. The zero-order valence-electron chi connectivity index (χ0n) is 14.0. The molecule has 0 radical (unpaired) electrons. The summed E-state index contributed by atoms with van der Waals surface area (Å²) in [6.45, 7) is 2.51. The first-order chi connectivity index (χ1) is 12.1. The van der Waals surface area contributed by atoms with E-state index in [0.29, 0.717) is 36.2 Å². The van der Waals surface area contributed by atoms with E-state index >= 15 is 0 Å². The molecule has 1 aromatic carbocycles. The monoisotopic (exact) mass is 344 g/mol. The number of hydrogen-bond donors (Lipinski definition) is 2. The van der Waals surface area contributed by atoms with Crippen LogP contribution < -0.4 is 15.4 Å². The van der Waals surface area contributed by atoms with Crippen LogP contribution in [0.15, 0.2) is 30.6 Å². The summed E-state index contributed by atoms with van der Waals surface area (Å²) in [6, 6.07) is 4.50. The predicted molar refractivity (Wildman–Crippen MR) is 91.1 cm³/mol. The molecular weight excluding hydrogens is 323 g/mol. The molecule has 1 aliphatic carbocycles. The van der Waals surface area contributed by atoms with Gasteiger partial charge in [0.15, 0.2) is 11.6 Å². The average Bonchev–Trinajstić information content (AvgIpc) is 3.35. The van der Waals surface area contributed by atoms with Crippen LogP contribution in [0.3, 0.4) is 0 Å². The zero-order chi connectivity index (χ0) is 17.4. The highest BCUT2D eigenvalue weighted by atomic mass is 19.1. The van der Waals surface area contributed by atoms with Crippen molar-refractivity contribution in [2.24, 2.45) is 5.92 Å². The maximum Gasteiger partial charge on any atom is 0.319 e. The number of carbonyl (C=O) groups is 1. The van der Waals surface area contributed by atoms with Crippen LogP contribution in [0.2, 0.25) is 0 Å². The molecule has 1 saturated carbocycles. The molecule has 2 N–H and O–H groups in total. The van der Waals surface area contributed by atoms with Gasteiger partial charge in [0.25, 0.3) is 0 Å². The van der Waals surface area contributed by atoms with E-state index in [2.05, 4.69) is 22.7 Å². The summed E-state index contributed by atoms with van der Waals surface area (Å²) in [7, 11) is 0. The molecule has 0 bridgehead atoms. The highest BCUT2D eigenvalue weighted by Crippen LogP contribution is 2.39. The van der Waals surface area contributed by atoms with Gasteiger partial charge in [-0.15, -0.1) is 0 Å². The molecule has 132 valence electrons. The highest BCUT2D eigenvalue weighted by molar-refractivity contribution is 5.89. The van der Waals surface area contributed by atoms with Crippen molar-refractivity contribution in [2.75, 3.05) is 11.9 Å². The van der Waals surface area contributed by atoms with Crippen molar-refractivity contribution in [3.05, 3.63) is 42.0 Å². The molecule has 0 spiro atoms. The van der Waals surface area contributed by atoms with Crippen LogP contribution in [0.4, 0.5) is 14.9 Å². The molecule has 1 aromatic heterocycles. The Labute approximate surface area is 145 Å². The molecule has 0 unspecified atom stereocenters. The first-order valence-corrected chi connectivity index (χ1v) is 8.64. The van der Waals surface area contributed by atoms with Gasteiger partial charge < -0.3 is 15.4 Å². The van der Waals surface area contributed by atoms with E-state index in [-0.39, 0.29) is 17.8 Å². The summed E-state index contributed by atoms with van der Waals surface area (Å²) < 4.78 is 21.1. The first-order valence-electron chi connectivity index (χ1n) is 8.64. The number of rotatable bonds is 4. The van der Waals surface area contributed by atoms with Crippen molar-refractivity contribution >= 4 is 11.7 Å². The third-order valence-corrected chi connectivity index (χ3v) is 4.91. The van der Waals surface area contributed by atoms with E-state index in [1.54, 1.807) is 18.3 Å². The van der Waals surface area contributed by atoms with Gasteiger partial charge in [-0.1, -0.05) is 12.1 Å². The topological polar surface area (TPSA) is 68.2 Å². The van der Waals surface area contributed by atoms with E-state index in [1.165, 1.54) is 18.9 Å². The number of para-hydroxylation sites is 1. The van der Waals surface area contributed by atoms with Gasteiger partial charge in [0, 0.05) is 18.2 Å². The Bertz CT molecular complexity index is 787.